The first-order valence-electron chi connectivity index (χ1n) is 10.7. The average molecular weight is 428 g/mol. The second-order valence-electron chi connectivity index (χ2n) is 8.07. The SMILES string of the molecule is COc1ccc([C@H]2CC(=O)C3=C(C2)Nc2ccccc2N[C@H]3c2cccnc2)cc1OC. The van der Waals surface area contributed by atoms with Gasteiger partial charge in [-0.15, -0.1) is 0 Å². The number of carbonyl (C=O) groups is 1. The molecule has 0 saturated heterocycles. The van der Waals surface area contributed by atoms with Crippen LogP contribution in [0.25, 0.3) is 0 Å². The first kappa shape index (κ1) is 20.1. The Morgan fingerprint density at radius 2 is 1.72 bits per heavy atom. The third-order valence-electron chi connectivity index (χ3n) is 6.21. The van der Waals surface area contributed by atoms with E-state index in [0.29, 0.717) is 17.9 Å². The maximum Gasteiger partial charge on any atom is 0.163 e. The van der Waals surface area contributed by atoms with Crippen LogP contribution >= 0.6 is 0 Å². The van der Waals surface area contributed by atoms with Crippen LogP contribution in [0, 0.1) is 0 Å². The second-order valence-corrected chi connectivity index (χ2v) is 8.07. The lowest BCUT2D eigenvalue weighted by Crippen LogP contribution is -2.27. The molecule has 162 valence electrons. The number of para-hydroxylation sites is 2. The largest absolute Gasteiger partial charge is 0.493 e. The zero-order chi connectivity index (χ0) is 22.1. The van der Waals surface area contributed by atoms with Gasteiger partial charge in [0.1, 0.15) is 0 Å². The number of allylic oxidation sites excluding steroid dienone is 1. The predicted molar refractivity (Wildman–Crippen MR) is 124 cm³/mol. The van der Waals surface area contributed by atoms with Gasteiger partial charge in [0.15, 0.2) is 17.3 Å². The van der Waals surface area contributed by atoms with E-state index in [1.54, 1.807) is 20.4 Å². The summed E-state index contributed by atoms with van der Waals surface area (Å²) in [4.78, 5) is 17.9. The van der Waals surface area contributed by atoms with Crippen LogP contribution in [0.1, 0.15) is 35.9 Å². The number of pyridine rings is 1. The number of ether oxygens (including phenoxy) is 2. The first-order chi connectivity index (χ1) is 15.7. The lowest BCUT2D eigenvalue weighted by molar-refractivity contribution is -0.116. The van der Waals surface area contributed by atoms with E-state index in [1.807, 2.05) is 60.8 Å². The van der Waals surface area contributed by atoms with Crippen molar-refractivity contribution in [2.75, 3.05) is 24.9 Å². The summed E-state index contributed by atoms with van der Waals surface area (Å²) in [5, 5.41) is 7.14. The van der Waals surface area contributed by atoms with Crippen LogP contribution in [0.15, 0.2) is 78.3 Å². The van der Waals surface area contributed by atoms with E-state index in [-0.39, 0.29) is 17.7 Å². The number of methoxy groups -OCH3 is 2. The molecule has 6 nitrogen and oxygen atoms in total. The molecular weight excluding hydrogens is 402 g/mol. The van der Waals surface area contributed by atoms with Crippen LogP contribution < -0.4 is 20.1 Å². The number of fused-ring (bicyclic) bond motifs is 1. The highest BCUT2D eigenvalue weighted by Gasteiger charge is 2.36. The number of Topliss-reactive ketones (excluding diaryl/α,β-unsaturated/α-hetero) is 1. The Morgan fingerprint density at radius 3 is 2.47 bits per heavy atom. The van der Waals surface area contributed by atoms with E-state index in [0.717, 1.165) is 40.2 Å². The van der Waals surface area contributed by atoms with E-state index in [2.05, 4.69) is 15.6 Å². The molecule has 0 saturated carbocycles. The zero-order valence-corrected chi connectivity index (χ0v) is 18.1. The Bertz CT molecular complexity index is 1190. The Balaban J connectivity index is 1.57. The van der Waals surface area contributed by atoms with Crippen LogP contribution in [0.5, 0.6) is 11.5 Å². The summed E-state index contributed by atoms with van der Waals surface area (Å²) in [6.07, 6.45) is 4.73. The summed E-state index contributed by atoms with van der Waals surface area (Å²) < 4.78 is 10.9. The van der Waals surface area contributed by atoms with Crippen LogP contribution in [-0.4, -0.2) is 25.0 Å². The molecule has 0 fully saturated rings. The fourth-order valence-corrected chi connectivity index (χ4v) is 4.63. The van der Waals surface area contributed by atoms with Crippen molar-refractivity contribution in [3.63, 3.8) is 0 Å². The highest BCUT2D eigenvalue weighted by atomic mass is 16.5. The van der Waals surface area contributed by atoms with Gasteiger partial charge in [-0.05, 0) is 53.8 Å². The van der Waals surface area contributed by atoms with Gasteiger partial charge in [0.2, 0.25) is 0 Å². The minimum Gasteiger partial charge on any atom is -0.493 e. The van der Waals surface area contributed by atoms with Gasteiger partial charge < -0.3 is 20.1 Å². The number of ketones is 1. The molecule has 32 heavy (non-hydrogen) atoms. The molecular formula is C26H25N3O3. The Kier molecular flexibility index (Phi) is 5.27. The standard InChI is InChI=1S/C26H25N3O3/c1-31-23-10-9-16(14-24(23)32-2)18-12-21-25(22(30)13-18)26(17-6-5-11-27-15-17)29-20-8-4-3-7-19(20)28-21/h3-11,14-15,18,26,28-29H,12-13H2,1-2H3/t18-,26+/m1/s1. The van der Waals surface area contributed by atoms with Gasteiger partial charge in [0.05, 0.1) is 31.6 Å². The van der Waals surface area contributed by atoms with Gasteiger partial charge in [-0.1, -0.05) is 24.3 Å². The van der Waals surface area contributed by atoms with Crippen LogP contribution in [-0.2, 0) is 4.79 Å². The van der Waals surface area contributed by atoms with Crippen molar-refractivity contribution < 1.29 is 14.3 Å². The van der Waals surface area contributed by atoms with Crippen LogP contribution in [0.2, 0.25) is 0 Å². The number of carbonyl (C=O) groups excluding carboxylic acids is 1. The summed E-state index contributed by atoms with van der Waals surface area (Å²) in [5.74, 6) is 1.54. The number of hydrogen-bond donors (Lipinski definition) is 2. The maximum absolute atomic E-state index is 13.6. The molecule has 3 aromatic rings. The van der Waals surface area contributed by atoms with Crippen molar-refractivity contribution in [1.29, 1.82) is 0 Å². The monoisotopic (exact) mass is 427 g/mol. The molecule has 0 amide bonds. The van der Waals surface area contributed by atoms with Gasteiger partial charge in [0.25, 0.3) is 0 Å². The molecule has 1 aliphatic heterocycles. The van der Waals surface area contributed by atoms with Gasteiger partial charge in [0, 0.05) is 30.1 Å². The number of hydrogen-bond acceptors (Lipinski definition) is 6. The molecule has 1 aromatic heterocycles. The number of nitrogens with zero attached hydrogens (tertiary/aromatic N) is 1. The number of rotatable bonds is 4. The van der Waals surface area contributed by atoms with Gasteiger partial charge in [-0.25, -0.2) is 0 Å². The van der Waals surface area contributed by atoms with Crippen molar-refractivity contribution in [3.8, 4) is 11.5 Å². The molecule has 0 spiro atoms. The van der Waals surface area contributed by atoms with E-state index in [1.165, 1.54) is 0 Å². The highest BCUT2D eigenvalue weighted by Crippen LogP contribution is 2.45. The minimum atomic E-state index is -0.256. The summed E-state index contributed by atoms with van der Waals surface area (Å²) in [5.41, 5.74) is 5.70. The van der Waals surface area contributed by atoms with E-state index >= 15 is 0 Å². The number of aromatic nitrogens is 1. The Morgan fingerprint density at radius 1 is 0.906 bits per heavy atom. The molecule has 6 heteroatoms. The number of anilines is 2. The molecule has 2 atom stereocenters. The topological polar surface area (TPSA) is 72.5 Å². The summed E-state index contributed by atoms with van der Waals surface area (Å²) in [6, 6.07) is 17.6. The van der Waals surface area contributed by atoms with Crippen molar-refractivity contribution in [2.24, 2.45) is 0 Å². The molecule has 2 heterocycles. The lowest BCUT2D eigenvalue weighted by atomic mass is 9.78. The molecule has 5 rings (SSSR count). The van der Waals surface area contributed by atoms with Crippen molar-refractivity contribution in [2.45, 2.75) is 24.8 Å². The Labute approximate surface area is 187 Å². The predicted octanol–water partition coefficient (Wildman–Crippen LogP) is 5.08. The first-order valence-corrected chi connectivity index (χ1v) is 10.7. The van der Waals surface area contributed by atoms with Crippen LogP contribution in [0.3, 0.4) is 0 Å². The Hall–Kier alpha value is -3.80. The molecule has 0 radical (unpaired) electrons. The maximum atomic E-state index is 13.6. The van der Waals surface area contributed by atoms with Crippen molar-refractivity contribution in [1.82, 2.24) is 4.98 Å². The minimum absolute atomic E-state index is 0.0494. The third-order valence-corrected chi connectivity index (χ3v) is 6.21. The van der Waals surface area contributed by atoms with E-state index in [4.69, 9.17) is 9.47 Å². The van der Waals surface area contributed by atoms with E-state index < -0.39 is 0 Å². The summed E-state index contributed by atoms with van der Waals surface area (Å²) >= 11 is 0. The highest BCUT2D eigenvalue weighted by molar-refractivity contribution is 6.01. The zero-order valence-electron chi connectivity index (χ0n) is 18.1. The van der Waals surface area contributed by atoms with Gasteiger partial charge in [-0.3, -0.25) is 9.78 Å². The van der Waals surface area contributed by atoms with Crippen molar-refractivity contribution in [3.05, 3.63) is 89.4 Å². The summed E-state index contributed by atoms with van der Waals surface area (Å²) in [7, 11) is 3.25. The quantitative estimate of drug-likeness (QED) is 0.605. The molecule has 0 unspecified atom stereocenters. The van der Waals surface area contributed by atoms with Gasteiger partial charge >= 0.3 is 0 Å². The smallest absolute Gasteiger partial charge is 0.163 e. The molecule has 2 aromatic carbocycles. The fourth-order valence-electron chi connectivity index (χ4n) is 4.63. The van der Waals surface area contributed by atoms with Crippen LogP contribution in [0.4, 0.5) is 11.4 Å². The molecule has 1 aliphatic carbocycles. The summed E-state index contributed by atoms with van der Waals surface area (Å²) in [6.45, 7) is 0. The number of nitrogens with one attached hydrogen (secondary N) is 2. The van der Waals surface area contributed by atoms with Gasteiger partial charge in [-0.2, -0.15) is 0 Å². The normalized spacial score (nSPS) is 19.8. The lowest BCUT2D eigenvalue weighted by Gasteiger charge is -2.30. The average Bonchev–Trinajstić information content (AvgIpc) is 3.01. The molecule has 2 aliphatic rings. The van der Waals surface area contributed by atoms with Crippen molar-refractivity contribution >= 4 is 17.2 Å². The molecule has 2 N–H and O–H groups in total. The second kappa shape index (κ2) is 8.38. The van der Waals surface area contributed by atoms with E-state index in [9.17, 15) is 4.79 Å². The fraction of sp³-hybridized carbons (Fsp3) is 0.231. The molecule has 0 bridgehead atoms. The number of benzene rings is 2. The third kappa shape index (κ3) is 3.58.